The Balaban J connectivity index is 1.98. The summed E-state index contributed by atoms with van der Waals surface area (Å²) in [5.74, 6) is 0.854. The first-order chi connectivity index (χ1) is 10.3. The number of ether oxygens (including phenoxy) is 1. The van der Waals surface area contributed by atoms with Crippen molar-refractivity contribution in [3.63, 3.8) is 0 Å². The van der Waals surface area contributed by atoms with Gasteiger partial charge in [0, 0.05) is 38.2 Å². The van der Waals surface area contributed by atoms with E-state index in [2.05, 4.69) is 24.1 Å². The first kappa shape index (κ1) is 16.7. The van der Waals surface area contributed by atoms with Crippen LogP contribution in [0.15, 0.2) is 0 Å². The summed E-state index contributed by atoms with van der Waals surface area (Å²) >= 11 is 1.88. The van der Waals surface area contributed by atoms with Crippen LogP contribution in [0.3, 0.4) is 0 Å². The molecule has 120 valence electrons. The summed E-state index contributed by atoms with van der Waals surface area (Å²) in [5.41, 5.74) is 1.29. The van der Waals surface area contributed by atoms with Crippen LogP contribution in [0.2, 0.25) is 0 Å². The van der Waals surface area contributed by atoms with E-state index in [4.69, 9.17) is 9.72 Å². The van der Waals surface area contributed by atoms with Crippen LogP contribution in [0, 0.1) is 5.92 Å². The van der Waals surface area contributed by atoms with E-state index >= 15 is 0 Å². The third kappa shape index (κ3) is 4.66. The van der Waals surface area contributed by atoms with Gasteiger partial charge in [0.15, 0.2) is 5.13 Å². The van der Waals surface area contributed by atoms with Crippen molar-refractivity contribution in [1.82, 2.24) is 10.3 Å². The van der Waals surface area contributed by atoms with Crippen LogP contribution >= 0.6 is 11.3 Å². The largest absolute Gasteiger partial charge is 0.383 e. The molecular weight excluding hydrogens is 282 g/mol. The highest BCUT2D eigenvalue weighted by atomic mass is 32.1. The standard InChI is InChI=1S/C16H29N3OS/c1-4-6-14-15(11-17-8-10-20-3)21-16(18-14)19-9-7-13(5-2)12-19/h13,17H,4-12H2,1-3H3. The van der Waals surface area contributed by atoms with Crippen LogP contribution in [0.4, 0.5) is 5.13 Å². The van der Waals surface area contributed by atoms with Gasteiger partial charge >= 0.3 is 0 Å². The zero-order valence-corrected chi connectivity index (χ0v) is 14.5. The topological polar surface area (TPSA) is 37.4 Å². The van der Waals surface area contributed by atoms with Gasteiger partial charge in [-0.05, 0) is 18.8 Å². The lowest BCUT2D eigenvalue weighted by Gasteiger charge is -2.14. The fourth-order valence-electron chi connectivity index (χ4n) is 2.79. The zero-order valence-electron chi connectivity index (χ0n) is 13.7. The Hall–Kier alpha value is -0.650. The van der Waals surface area contributed by atoms with E-state index in [0.29, 0.717) is 0 Å². The fourth-order valence-corrected chi connectivity index (χ4v) is 3.90. The van der Waals surface area contributed by atoms with Crippen molar-refractivity contribution in [2.24, 2.45) is 5.92 Å². The van der Waals surface area contributed by atoms with E-state index in [1.165, 1.54) is 41.6 Å². The first-order valence-corrected chi connectivity index (χ1v) is 9.03. The van der Waals surface area contributed by atoms with Crippen molar-refractivity contribution >= 4 is 16.5 Å². The molecule has 1 saturated heterocycles. The molecule has 1 aliphatic rings. The number of anilines is 1. The minimum Gasteiger partial charge on any atom is -0.383 e. The van der Waals surface area contributed by atoms with Gasteiger partial charge in [0.25, 0.3) is 0 Å². The van der Waals surface area contributed by atoms with E-state index in [0.717, 1.165) is 38.5 Å². The highest BCUT2D eigenvalue weighted by Crippen LogP contribution is 2.31. The van der Waals surface area contributed by atoms with E-state index in [-0.39, 0.29) is 0 Å². The van der Waals surface area contributed by atoms with Gasteiger partial charge in [-0.3, -0.25) is 0 Å². The molecule has 0 aliphatic carbocycles. The Kier molecular flexibility index (Phi) is 6.93. The Bertz CT molecular complexity index is 422. The molecule has 0 radical (unpaired) electrons. The Morgan fingerprint density at radius 3 is 2.95 bits per heavy atom. The molecule has 0 spiro atoms. The molecule has 1 unspecified atom stereocenters. The van der Waals surface area contributed by atoms with Gasteiger partial charge in [0.05, 0.1) is 12.3 Å². The molecule has 1 aromatic heterocycles. The van der Waals surface area contributed by atoms with Crippen LogP contribution in [-0.4, -0.2) is 38.3 Å². The van der Waals surface area contributed by atoms with Crippen LogP contribution in [0.5, 0.6) is 0 Å². The normalized spacial score (nSPS) is 18.6. The number of hydrogen-bond donors (Lipinski definition) is 1. The molecule has 0 saturated carbocycles. The molecule has 21 heavy (non-hydrogen) atoms. The van der Waals surface area contributed by atoms with Crippen molar-refractivity contribution in [2.75, 3.05) is 38.3 Å². The fraction of sp³-hybridized carbons (Fsp3) is 0.812. The number of methoxy groups -OCH3 is 1. The number of aryl methyl sites for hydroxylation is 1. The summed E-state index contributed by atoms with van der Waals surface area (Å²) < 4.78 is 5.09. The second-order valence-corrected chi connectivity index (χ2v) is 6.86. The quantitative estimate of drug-likeness (QED) is 0.711. The van der Waals surface area contributed by atoms with Gasteiger partial charge in [0.2, 0.25) is 0 Å². The SMILES string of the molecule is CCCc1nc(N2CCC(CC)C2)sc1CNCCOC. The molecular formula is C16H29N3OS. The molecule has 2 rings (SSSR count). The monoisotopic (exact) mass is 311 g/mol. The van der Waals surface area contributed by atoms with Gasteiger partial charge in [-0.15, -0.1) is 11.3 Å². The number of nitrogens with zero attached hydrogens (tertiary/aromatic N) is 2. The van der Waals surface area contributed by atoms with Crippen LogP contribution in [-0.2, 0) is 17.7 Å². The number of hydrogen-bond acceptors (Lipinski definition) is 5. The summed E-state index contributed by atoms with van der Waals surface area (Å²) in [6.45, 7) is 9.46. The highest BCUT2D eigenvalue weighted by molar-refractivity contribution is 7.15. The van der Waals surface area contributed by atoms with E-state index < -0.39 is 0 Å². The molecule has 1 aliphatic heterocycles. The van der Waals surface area contributed by atoms with Crippen molar-refractivity contribution in [2.45, 2.75) is 46.1 Å². The average molecular weight is 311 g/mol. The predicted molar refractivity (Wildman–Crippen MR) is 90.3 cm³/mol. The molecule has 2 heterocycles. The lowest BCUT2D eigenvalue weighted by atomic mass is 10.1. The van der Waals surface area contributed by atoms with Crippen LogP contribution in [0.1, 0.15) is 43.7 Å². The molecule has 0 amide bonds. The summed E-state index contributed by atoms with van der Waals surface area (Å²) in [4.78, 5) is 8.81. The van der Waals surface area contributed by atoms with Gasteiger partial charge in [-0.2, -0.15) is 0 Å². The molecule has 1 fully saturated rings. The number of rotatable bonds is 9. The summed E-state index contributed by atoms with van der Waals surface area (Å²) in [6.07, 6.45) is 4.85. The number of thiazole rings is 1. The maximum absolute atomic E-state index is 5.09. The molecule has 0 bridgehead atoms. The molecule has 0 aromatic carbocycles. The molecule has 5 heteroatoms. The van der Waals surface area contributed by atoms with Gasteiger partial charge in [0.1, 0.15) is 0 Å². The minimum absolute atomic E-state index is 0.763. The second-order valence-electron chi connectivity index (χ2n) is 5.79. The predicted octanol–water partition coefficient (Wildman–Crippen LogP) is 3.07. The maximum Gasteiger partial charge on any atom is 0.185 e. The molecule has 1 atom stereocenters. The first-order valence-electron chi connectivity index (χ1n) is 8.21. The van der Waals surface area contributed by atoms with E-state index in [1.54, 1.807) is 7.11 Å². The Morgan fingerprint density at radius 1 is 1.43 bits per heavy atom. The average Bonchev–Trinajstić information content (AvgIpc) is 3.11. The molecule has 1 N–H and O–H groups in total. The van der Waals surface area contributed by atoms with Crippen molar-refractivity contribution in [3.05, 3.63) is 10.6 Å². The minimum atomic E-state index is 0.763. The van der Waals surface area contributed by atoms with Crippen molar-refractivity contribution < 1.29 is 4.74 Å². The highest BCUT2D eigenvalue weighted by Gasteiger charge is 2.24. The third-order valence-electron chi connectivity index (χ3n) is 4.16. The van der Waals surface area contributed by atoms with Crippen LogP contribution < -0.4 is 10.2 Å². The lowest BCUT2D eigenvalue weighted by Crippen LogP contribution is -2.19. The Labute approximate surface area is 132 Å². The Morgan fingerprint density at radius 2 is 2.29 bits per heavy atom. The van der Waals surface area contributed by atoms with Gasteiger partial charge in [-0.1, -0.05) is 26.7 Å². The van der Waals surface area contributed by atoms with Gasteiger partial charge in [-0.25, -0.2) is 4.98 Å². The summed E-state index contributed by atoms with van der Waals surface area (Å²) in [6, 6.07) is 0. The summed E-state index contributed by atoms with van der Waals surface area (Å²) in [5, 5.41) is 4.69. The van der Waals surface area contributed by atoms with Gasteiger partial charge < -0.3 is 15.0 Å². The smallest absolute Gasteiger partial charge is 0.185 e. The van der Waals surface area contributed by atoms with Crippen molar-refractivity contribution in [1.29, 1.82) is 0 Å². The summed E-state index contributed by atoms with van der Waals surface area (Å²) in [7, 11) is 1.74. The third-order valence-corrected chi connectivity index (χ3v) is 5.31. The zero-order chi connectivity index (χ0) is 15.1. The second kappa shape index (κ2) is 8.71. The maximum atomic E-state index is 5.09. The molecule has 1 aromatic rings. The number of nitrogens with one attached hydrogen (secondary N) is 1. The molecule has 4 nitrogen and oxygen atoms in total. The van der Waals surface area contributed by atoms with Crippen LogP contribution in [0.25, 0.3) is 0 Å². The van der Waals surface area contributed by atoms with E-state index in [9.17, 15) is 0 Å². The van der Waals surface area contributed by atoms with E-state index in [1.807, 2.05) is 11.3 Å². The van der Waals surface area contributed by atoms with Crippen molar-refractivity contribution in [3.8, 4) is 0 Å². The lowest BCUT2D eigenvalue weighted by molar-refractivity contribution is 0.199. The number of aromatic nitrogens is 1.